The van der Waals surface area contributed by atoms with E-state index in [2.05, 4.69) is 56.3 Å². The highest BCUT2D eigenvalue weighted by Gasteiger charge is 2.08. The van der Waals surface area contributed by atoms with Gasteiger partial charge in [-0.25, -0.2) is 0 Å². The van der Waals surface area contributed by atoms with Crippen molar-refractivity contribution >= 4 is 5.69 Å². The molecule has 1 N–H and O–H groups in total. The Morgan fingerprint density at radius 1 is 1.06 bits per heavy atom. The lowest BCUT2D eigenvalue weighted by Gasteiger charge is -2.09. The normalized spacial score (nSPS) is 10.7. The molecule has 0 saturated heterocycles. The monoisotopic (exact) mass is 243 g/mol. The molecule has 2 rings (SSSR count). The van der Waals surface area contributed by atoms with E-state index in [9.17, 15) is 0 Å². The van der Waals surface area contributed by atoms with E-state index in [1.165, 1.54) is 28.1 Å². The lowest BCUT2D eigenvalue weighted by Crippen LogP contribution is -2.02. The maximum Gasteiger partial charge on any atom is 0.0646 e. The van der Waals surface area contributed by atoms with Gasteiger partial charge in [0, 0.05) is 30.5 Å². The Bertz CT molecular complexity index is 547. The zero-order valence-corrected chi connectivity index (χ0v) is 11.8. The molecule has 0 spiro atoms. The molecule has 1 aromatic heterocycles. The number of aromatic nitrogens is 2. The number of hydrogen-bond acceptors (Lipinski definition) is 2. The fourth-order valence-electron chi connectivity index (χ4n) is 2.34. The smallest absolute Gasteiger partial charge is 0.0646 e. The molecule has 0 aliphatic heterocycles. The average molecular weight is 243 g/mol. The van der Waals surface area contributed by atoms with Gasteiger partial charge in [-0.1, -0.05) is 6.07 Å². The Kier molecular flexibility index (Phi) is 3.41. The number of anilines is 1. The molecule has 18 heavy (non-hydrogen) atoms. The van der Waals surface area contributed by atoms with E-state index in [0.29, 0.717) is 0 Å². The molecule has 0 atom stereocenters. The third kappa shape index (κ3) is 2.55. The Hall–Kier alpha value is -1.77. The molecule has 0 bridgehead atoms. The van der Waals surface area contributed by atoms with Crippen molar-refractivity contribution in [1.82, 2.24) is 9.78 Å². The maximum absolute atomic E-state index is 4.43. The van der Waals surface area contributed by atoms with Gasteiger partial charge in [0.2, 0.25) is 0 Å². The summed E-state index contributed by atoms with van der Waals surface area (Å²) in [5.41, 5.74) is 7.37. The topological polar surface area (TPSA) is 29.9 Å². The van der Waals surface area contributed by atoms with Gasteiger partial charge in [-0.05, 0) is 51.0 Å². The first-order chi connectivity index (χ1) is 8.47. The molecule has 0 fully saturated rings. The highest BCUT2D eigenvalue weighted by Crippen LogP contribution is 2.17. The van der Waals surface area contributed by atoms with Crippen molar-refractivity contribution in [3.63, 3.8) is 0 Å². The quantitative estimate of drug-likeness (QED) is 0.896. The minimum absolute atomic E-state index is 0.828. The minimum Gasteiger partial charge on any atom is -0.381 e. The third-order valence-corrected chi connectivity index (χ3v) is 3.35. The molecule has 0 aliphatic carbocycles. The Morgan fingerprint density at radius 2 is 1.67 bits per heavy atom. The standard InChI is InChI=1S/C15H21N3/c1-10-6-11(2)8-14(7-10)16-9-15-12(3)17-18(5)13(15)4/h6-8,16H,9H2,1-5H3. The Balaban J connectivity index is 2.16. The van der Waals surface area contributed by atoms with Gasteiger partial charge in [-0.15, -0.1) is 0 Å². The highest BCUT2D eigenvalue weighted by atomic mass is 15.3. The van der Waals surface area contributed by atoms with E-state index < -0.39 is 0 Å². The molecule has 0 radical (unpaired) electrons. The summed E-state index contributed by atoms with van der Waals surface area (Å²) in [6.07, 6.45) is 0. The first-order valence-electron chi connectivity index (χ1n) is 6.28. The van der Waals surface area contributed by atoms with E-state index in [-0.39, 0.29) is 0 Å². The fraction of sp³-hybridized carbons (Fsp3) is 0.400. The van der Waals surface area contributed by atoms with Gasteiger partial charge >= 0.3 is 0 Å². The van der Waals surface area contributed by atoms with Crippen LogP contribution in [0.1, 0.15) is 28.1 Å². The molecule has 0 unspecified atom stereocenters. The molecule has 0 saturated carbocycles. The predicted molar refractivity (Wildman–Crippen MR) is 75.9 cm³/mol. The molecule has 1 aromatic carbocycles. The number of nitrogens with zero attached hydrogens (tertiary/aromatic N) is 2. The summed E-state index contributed by atoms with van der Waals surface area (Å²) in [5.74, 6) is 0. The van der Waals surface area contributed by atoms with Crippen LogP contribution in [0.5, 0.6) is 0 Å². The largest absolute Gasteiger partial charge is 0.381 e. The molecule has 1 heterocycles. The van der Waals surface area contributed by atoms with Crippen molar-refractivity contribution in [3.8, 4) is 0 Å². The van der Waals surface area contributed by atoms with Crippen LogP contribution in [-0.4, -0.2) is 9.78 Å². The molecule has 0 amide bonds. The summed E-state index contributed by atoms with van der Waals surface area (Å²) in [7, 11) is 1.99. The van der Waals surface area contributed by atoms with Gasteiger partial charge in [-0.3, -0.25) is 4.68 Å². The summed E-state index contributed by atoms with van der Waals surface area (Å²) in [5, 5.41) is 7.92. The van der Waals surface area contributed by atoms with Gasteiger partial charge in [0.1, 0.15) is 0 Å². The fourth-order valence-corrected chi connectivity index (χ4v) is 2.34. The maximum atomic E-state index is 4.43. The van der Waals surface area contributed by atoms with Gasteiger partial charge in [0.25, 0.3) is 0 Å². The van der Waals surface area contributed by atoms with Crippen LogP contribution in [0.15, 0.2) is 18.2 Å². The van der Waals surface area contributed by atoms with E-state index >= 15 is 0 Å². The second-order valence-electron chi connectivity index (χ2n) is 5.00. The summed E-state index contributed by atoms with van der Waals surface area (Å²) in [6.45, 7) is 9.25. The molecule has 96 valence electrons. The zero-order valence-electron chi connectivity index (χ0n) is 11.8. The van der Waals surface area contributed by atoms with Gasteiger partial charge in [0.15, 0.2) is 0 Å². The van der Waals surface area contributed by atoms with Crippen LogP contribution < -0.4 is 5.32 Å². The molecular formula is C15H21N3. The van der Waals surface area contributed by atoms with E-state index in [0.717, 1.165) is 12.2 Å². The zero-order chi connectivity index (χ0) is 13.3. The van der Waals surface area contributed by atoms with Gasteiger partial charge in [-0.2, -0.15) is 5.10 Å². The Morgan fingerprint density at radius 3 is 2.17 bits per heavy atom. The van der Waals surface area contributed by atoms with Crippen molar-refractivity contribution in [2.75, 3.05) is 5.32 Å². The van der Waals surface area contributed by atoms with Gasteiger partial charge in [0.05, 0.1) is 5.69 Å². The molecular weight excluding hydrogens is 222 g/mol. The second kappa shape index (κ2) is 4.84. The van der Waals surface area contributed by atoms with Crippen LogP contribution in [0, 0.1) is 27.7 Å². The lowest BCUT2D eigenvalue weighted by atomic mass is 10.1. The van der Waals surface area contributed by atoms with Crippen LogP contribution >= 0.6 is 0 Å². The molecule has 2 aromatic rings. The minimum atomic E-state index is 0.828. The average Bonchev–Trinajstić information content (AvgIpc) is 2.50. The number of hydrogen-bond donors (Lipinski definition) is 1. The van der Waals surface area contributed by atoms with Crippen molar-refractivity contribution in [3.05, 3.63) is 46.3 Å². The van der Waals surface area contributed by atoms with Crippen molar-refractivity contribution in [2.45, 2.75) is 34.2 Å². The summed E-state index contributed by atoms with van der Waals surface area (Å²) in [6, 6.07) is 6.54. The van der Waals surface area contributed by atoms with E-state index in [4.69, 9.17) is 0 Å². The third-order valence-electron chi connectivity index (χ3n) is 3.35. The Labute approximate surface area is 109 Å². The molecule has 3 nitrogen and oxygen atoms in total. The lowest BCUT2D eigenvalue weighted by molar-refractivity contribution is 0.730. The van der Waals surface area contributed by atoms with Crippen LogP contribution in [0.2, 0.25) is 0 Å². The van der Waals surface area contributed by atoms with E-state index in [1.54, 1.807) is 0 Å². The van der Waals surface area contributed by atoms with Crippen molar-refractivity contribution in [2.24, 2.45) is 7.05 Å². The van der Waals surface area contributed by atoms with E-state index in [1.807, 2.05) is 11.7 Å². The number of benzene rings is 1. The summed E-state index contributed by atoms with van der Waals surface area (Å²) in [4.78, 5) is 0. The number of aryl methyl sites for hydroxylation is 4. The van der Waals surface area contributed by atoms with Crippen molar-refractivity contribution in [1.29, 1.82) is 0 Å². The van der Waals surface area contributed by atoms with Crippen molar-refractivity contribution < 1.29 is 0 Å². The SMILES string of the molecule is Cc1cc(C)cc(NCc2c(C)nn(C)c2C)c1. The second-order valence-corrected chi connectivity index (χ2v) is 5.00. The number of rotatable bonds is 3. The number of nitrogens with one attached hydrogen (secondary N) is 1. The van der Waals surface area contributed by atoms with Crippen LogP contribution in [0.3, 0.4) is 0 Å². The van der Waals surface area contributed by atoms with Crippen LogP contribution in [-0.2, 0) is 13.6 Å². The first kappa shape index (κ1) is 12.7. The molecule has 3 heteroatoms. The summed E-state index contributed by atoms with van der Waals surface area (Å²) >= 11 is 0. The molecule has 0 aliphatic rings. The highest BCUT2D eigenvalue weighted by molar-refractivity contribution is 5.49. The predicted octanol–water partition coefficient (Wildman–Crippen LogP) is 3.27. The first-order valence-corrected chi connectivity index (χ1v) is 6.28. The van der Waals surface area contributed by atoms with Crippen LogP contribution in [0.25, 0.3) is 0 Å². The summed E-state index contributed by atoms with van der Waals surface area (Å²) < 4.78 is 1.94. The van der Waals surface area contributed by atoms with Crippen LogP contribution in [0.4, 0.5) is 5.69 Å². The van der Waals surface area contributed by atoms with Gasteiger partial charge < -0.3 is 5.32 Å².